The maximum atomic E-state index is 12.2. The van der Waals surface area contributed by atoms with E-state index in [4.69, 9.17) is 9.47 Å². The molecule has 130 valence electrons. The molecule has 0 heterocycles. The van der Waals surface area contributed by atoms with Crippen molar-refractivity contribution in [2.45, 2.75) is 13.8 Å². The molecule has 1 amide bonds. The fourth-order valence-electron chi connectivity index (χ4n) is 2.37. The van der Waals surface area contributed by atoms with Crippen LogP contribution in [-0.4, -0.2) is 25.9 Å². The highest BCUT2D eigenvalue weighted by atomic mass is 16.5. The maximum Gasteiger partial charge on any atom is 0.248 e. The predicted molar refractivity (Wildman–Crippen MR) is 98.3 cm³/mol. The summed E-state index contributed by atoms with van der Waals surface area (Å²) in [6.45, 7) is 3.34. The van der Waals surface area contributed by atoms with Crippen molar-refractivity contribution in [3.05, 3.63) is 59.7 Å². The van der Waals surface area contributed by atoms with Crippen LogP contribution in [0.3, 0.4) is 0 Å². The van der Waals surface area contributed by atoms with Crippen LogP contribution in [0.5, 0.6) is 11.5 Å². The van der Waals surface area contributed by atoms with Gasteiger partial charge < -0.3 is 14.8 Å². The first-order valence-corrected chi connectivity index (χ1v) is 7.77. The Bertz CT molecular complexity index is 807. The molecule has 0 saturated carbocycles. The molecule has 0 unspecified atom stereocenters. The topological polar surface area (TPSA) is 64.6 Å². The third kappa shape index (κ3) is 4.70. The Morgan fingerprint density at radius 1 is 0.960 bits per heavy atom. The van der Waals surface area contributed by atoms with Crippen molar-refractivity contribution in [2.24, 2.45) is 0 Å². The molecule has 0 aliphatic carbocycles. The number of nitrogens with one attached hydrogen (secondary N) is 1. The average Bonchev–Trinajstić information content (AvgIpc) is 2.61. The number of hydrogen-bond acceptors (Lipinski definition) is 4. The number of benzene rings is 2. The molecule has 0 radical (unpaired) electrons. The van der Waals surface area contributed by atoms with Crippen LogP contribution in [-0.2, 0) is 4.79 Å². The van der Waals surface area contributed by atoms with Gasteiger partial charge in [-0.25, -0.2) is 0 Å². The van der Waals surface area contributed by atoms with Gasteiger partial charge in [0, 0.05) is 29.0 Å². The second-order valence-electron chi connectivity index (χ2n) is 5.52. The van der Waals surface area contributed by atoms with Gasteiger partial charge in [0.15, 0.2) is 5.78 Å². The Hall–Kier alpha value is -3.08. The fraction of sp³-hybridized carbons (Fsp3) is 0.200. The molecular weight excluding hydrogens is 318 g/mol. The van der Waals surface area contributed by atoms with Gasteiger partial charge in [-0.3, -0.25) is 9.59 Å². The highest BCUT2D eigenvalue weighted by molar-refractivity contribution is 6.04. The summed E-state index contributed by atoms with van der Waals surface area (Å²) in [5.74, 6) is 1.04. The number of ketones is 1. The van der Waals surface area contributed by atoms with Crippen molar-refractivity contribution in [1.29, 1.82) is 0 Å². The molecule has 2 rings (SSSR count). The van der Waals surface area contributed by atoms with E-state index in [1.165, 1.54) is 13.0 Å². The van der Waals surface area contributed by atoms with Gasteiger partial charge >= 0.3 is 0 Å². The molecule has 0 aliphatic rings. The monoisotopic (exact) mass is 339 g/mol. The van der Waals surface area contributed by atoms with E-state index >= 15 is 0 Å². The van der Waals surface area contributed by atoms with Gasteiger partial charge in [0.25, 0.3) is 0 Å². The van der Waals surface area contributed by atoms with Crippen molar-refractivity contribution in [3.63, 3.8) is 0 Å². The maximum absolute atomic E-state index is 12.2. The van der Waals surface area contributed by atoms with Crippen LogP contribution in [0.15, 0.2) is 48.5 Å². The lowest BCUT2D eigenvalue weighted by Crippen LogP contribution is -2.09. The standard InChI is InChI=1S/C20H21NO4/c1-13(18-10-9-17(24-3)12-19(18)25-4)11-20(23)21-16-7-5-15(6-8-16)14(2)22/h5-12H,1-4H3,(H,21,23)/b13-11+. The Kier molecular flexibility index (Phi) is 5.95. The molecule has 2 aromatic rings. The number of methoxy groups -OCH3 is 2. The van der Waals surface area contributed by atoms with E-state index in [1.54, 1.807) is 44.6 Å². The van der Waals surface area contributed by atoms with E-state index in [1.807, 2.05) is 19.1 Å². The normalized spacial score (nSPS) is 11.0. The van der Waals surface area contributed by atoms with Gasteiger partial charge in [0.2, 0.25) is 5.91 Å². The van der Waals surface area contributed by atoms with E-state index in [-0.39, 0.29) is 11.7 Å². The summed E-state index contributed by atoms with van der Waals surface area (Å²) in [4.78, 5) is 23.5. The van der Waals surface area contributed by atoms with Gasteiger partial charge in [-0.15, -0.1) is 0 Å². The fourth-order valence-corrected chi connectivity index (χ4v) is 2.37. The molecule has 0 spiro atoms. The van der Waals surface area contributed by atoms with Crippen LogP contribution >= 0.6 is 0 Å². The van der Waals surface area contributed by atoms with E-state index in [9.17, 15) is 9.59 Å². The Morgan fingerprint density at radius 3 is 2.20 bits per heavy atom. The highest BCUT2D eigenvalue weighted by Crippen LogP contribution is 2.29. The summed E-state index contributed by atoms with van der Waals surface area (Å²) in [6, 6.07) is 12.2. The molecule has 25 heavy (non-hydrogen) atoms. The SMILES string of the molecule is COc1ccc(/C(C)=C/C(=O)Nc2ccc(C(C)=O)cc2)c(OC)c1. The third-order valence-electron chi connectivity index (χ3n) is 3.74. The van der Waals surface area contributed by atoms with E-state index in [0.29, 0.717) is 22.7 Å². The van der Waals surface area contributed by atoms with Gasteiger partial charge in [-0.05, 0) is 55.8 Å². The summed E-state index contributed by atoms with van der Waals surface area (Å²) < 4.78 is 10.5. The summed E-state index contributed by atoms with van der Waals surface area (Å²) >= 11 is 0. The number of Topliss-reactive ketones (excluding diaryl/α,β-unsaturated/α-hetero) is 1. The molecule has 0 bridgehead atoms. The predicted octanol–water partition coefficient (Wildman–Crippen LogP) is 3.95. The van der Waals surface area contributed by atoms with E-state index < -0.39 is 0 Å². The molecule has 0 saturated heterocycles. The lowest BCUT2D eigenvalue weighted by Gasteiger charge is -2.11. The number of ether oxygens (including phenoxy) is 2. The second-order valence-corrected chi connectivity index (χ2v) is 5.52. The van der Waals surface area contributed by atoms with Crippen molar-refractivity contribution in [3.8, 4) is 11.5 Å². The zero-order chi connectivity index (χ0) is 18.4. The second kappa shape index (κ2) is 8.15. The summed E-state index contributed by atoms with van der Waals surface area (Å²) in [6.07, 6.45) is 1.50. The largest absolute Gasteiger partial charge is 0.497 e. The molecule has 5 heteroatoms. The van der Waals surface area contributed by atoms with Gasteiger partial charge in [0.05, 0.1) is 14.2 Å². The van der Waals surface area contributed by atoms with Crippen LogP contribution in [0.4, 0.5) is 5.69 Å². The quantitative estimate of drug-likeness (QED) is 0.639. The van der Waals surface area contributed by atoms with Crippen LogP contribution < -0.4 is 14.8 Å². The number of hydrogen-bond donors (Lipinski definition) is 1. The zero-order valence-electron chi connectivity index (χ0n) is 14.8. The van der Waals surface area contributed by atoms with E-state index in [0.717, 1.165) is 11.1 Å². The third-order valence-corrected chi connectivity index (χ3v) is 3.74. The smallest absolute Gasteiger partial charge is 0.248 e. The lowest BCUT2D eigenvalue weighted by atomic mass is 10.1. The van der Waals surface area contributed by atoms with Crippen LogP contribution in [0.25, 0.3) is 5.57 Å². The van der Waals surface area contributed by atoms with Crippen LogP contribution in [0.1, 0.15) is 29.8 Å². The number of rotatable bonds is 6. The van der Waals surface area contributed by atoms with Gasteiger partial charge in [-0.1, -0.05) is 0 Å². The van der Waals surface area contributed by atoms with Gasteiger partial charge in [0.1, 0.15) is 11.5 Å². The zero-order valence-corrected chi connectivity index (χ0v) is 14.8. The molecule has 0 atom stereocenters. The number of carbonyl (C=O) groups excluding carboxylic acids is 2. The number of anilines is 1. The summed E-state index contributed by atoms with van der Waals surface area (Å²) in [7, 11) is 3.16. The molecule has 0 aliphatic heterocycles. The summed E-state index contributed by atoms with van der Waals surface area (Å²) in [5.41, 5.74) is 2.80. The Morgan fingerprint density at radius 2 is 1.64 bits per heavy atom. The van der Waals surface area contributed by atoms with Crippen molar-refractivity contribution >= 4 is 23.0 Å². The Labute approximate surface area is 147 Å². The number of allylic oxidation sites excluding steroid dienone is 1. The van der Waals surface area contributed by atoms with Crippen LogP contribution in [0.2, 0.25) is 0 Å². The Balaban J connectivity index is 2.16. The molecular formula is C20H21NO4. The van der Waals surface area contributed by atoms with Crippen molar-refractivity contribution < 1.29 is 19.1 Å². The number of carbonyl (C=O) groups is 2. The first-order chi connectivity index (χ1) is 11.9. The first kappa shape index (κ1) is 18.3. The minimum absolute atomic E-state index is 0.0137. The van der Waals surface area contributed by atoms with Gasteiger partial charge in [-0.2, -0.15) is 0 Å². The molecule has 0 fully saturated rings. The number of amides is 1. The average molecular weight is 339 g/mol. The summed E-state index contributed by atoms with van der Waals surface area (Å²) in [5, 5.41) is 2.78. The van der Waals surface area contributed by atoms with Crippen molar-refractivity contribution in [2.75, 3.05) is 19.5 Å². The van der Waals surface area contributed by atoms with E-state index in [2.05, 4.69) is 5.32 Å². The minimum Gasteiger partial charge on any atom is -0.497 e. The molecule has 0 aromatic heterocycles. The molecule has 1 N–H and O–H groups in total. The first-order valence-electron chi connectivity index (χ1n) is 7.77. The highest BCUT2D eigenvalue weighted by Gasteiger charge is 2.09. The minimum atomic E-state index is -0.258. The van der Waals surface area contributed by atoms with Crippen molar-refractivity contribution in [1.82, 2.24) is 0 Å². The lowest BCUT2D eigenvalue weighted by molar-refractivity contribution is -0.111. The molecule has 5 nitrogen and oxygen atoms in total. The van der Waals surface area contributed by atoms with Crippen LogP contribution in [0, 0.1) is 0 Å². The molecule has 2 aromatic carbocycles.